The van der Waals surface area contributed by atoms with Gasteiger partial charge in [-0.05, 0) is 75.0 Å². The fourth-order valence-corrected chi connectivity index (χ4v) is 7.03. The van der Waals surface area contributed by atoms with Gasteiger partial charge in [0.25, 0.3) is 0 Å². The number of aliphatic hydroxyl groups excluding tert-OH is 1. The summed E-state index contributed by atoms with van der Waals surface area (Å²) in [6.45, 7) is 6.69. The molecule has 2 nitrogen and oxygen atoms in total. The lowest BCUT2D eigenvalue weighted by Crippen LogP contribution is -2.54. The minimum absolute atomic E-state index is 0.171. The maximum atomic E-state index is 11.2. The van der Waals surface area contributed by atoms with Crippen LogP contribution >= 0.6 is 0 Å². The third-order valence-corrected chi connectivity index (χ3v) is 8.07. The molecule has 24 heavy (non-hydrogen) atoms. The predicted molar refractivity (Wildman–Crippen MR) is 96.0 cm³/mol. The summed E-state index contributed by atoms with van der Waals surface area (Å²) in [5.41, 5.74) is 1.64. The number of aliphatic hydroxyl groups is 2. The van der Waals surface area contributed by atoms with E-state index < -0.39 is 5.60 Å². The Morgan fingerprint density at radius 3 is 2.83 bits per heavy atom. The maximum Gasteiger partial charge on any atom is 0.131 e. The zero-order chi connectivity index (χ0) is 17.1. The summed E-state index contributed by atoms with van der Waals surface area (Å²) in [6, 6.07) is 0. The number of allylic oxidation sites excluding steroid dienone is 2. The third-order valence-electron chi connectivity index (χ3n) is 8.07. The van der Waals surface area contributed by atoms with Crippen LogP contribution in [0.15, 0.2) is 23.8 Å². The minimum Gasteiger partial charge on any atom is -0.389 e. The molecule has 0 spiro atoms. The molecular weight excluding hydrogens is 296 g/mol. The SMILES string of the molecule is C#C[C@]1(O)CC[C@@H]2[C@@H]3CCC4=C[C@@H](O)CC[C@@H]4[C@@H]3C(=C)C[C@@]21CC. The van der Waals surface area contributed by atoms with E-state index in [4.69, 9.17) is 6.42 Å². The second kappa shape index (κ2) is 5.48. The van der Waals surface area contributed by atoms with Crippen molar-refractivity contribution in [3.8, 4) is 12.3 Å². The van der Waals surface area contributed by atoms with Crippen LogP contribution in [0.3, 0.4) is 0 Å². The number of hydrogen-bond donors (Lipinski definition) is 2. The van der Waals surface area contributed by atoms with Crippen molar-refractivity contribution >= 4 is 0 Å². The number of terminal acetylenes is 1. The van der Waals surface area contributed by atoms with Crippen LogP contribution in [0.2, 0.25) is 0 Å². The smallest absolute Gasteiger partial charge is 0.131 e. The third kappa shape index (κ3) is 1.98. The summed E-state index contributed by atoms with van der Waals surface area (Å²) in [5.74, 6) is 5.00. The highest BCUT2D eigenvalue weighted by atomic mass is 16.3. The number of fused-ring (bicyclic) bond motifs is 5. The quantitative estimate of drug-likeness (QED) is 0.568. The average molecular weight is 326 g/mol. The maximum absolute atomic E-state index is 11.2. The van der Waals surface area contributed by atoms with Gasteiger partial charge in [0.15, 0.2) is 0 Å². The topological polar surface area (TPSA) is 40.5 Å². The summed E-state index contributed by atoms with van der Waals surface area (Å²) >= 11 is 0. The van der Waals surface area contributed by atoms with Gasteiger partial charge in [-0.2, -0.15) is 0 Å². The Balaban J connectivity index is 1.73. The molecule has 0 aromatic carbocycles. The molecule has 0 saturated heterocycles. The zero-order valence-corrected chi connectivity index (χ0v) is 14.8. The largest absolute Gasteiger partial charge is 0.389 e. The molecule has 0 aliphatic heterocycles. The van der Waals surface area contributed by atoms with Gasteiger partial charge in [0.2, 0.25) is 0 Å². The standard InChI is InChI=1S/C22H30O2/c1-4-21-13-14(3)20-17-9-7-16(23)12-15(17)6-8-18(20)19(21)10-11-22(21,24)5-2/h2,12,16-20,23-24H,3-4,6-11,13H2,1H3/t16-,17-,18-,19+,20-,21-,22-/m0/s1. The Bertz CT molecular complexity index is 626. The Morgan fingerprint density at radius 1 is 1.33 bits per heavy atom. The van der Waals surface area contributed by atoms with Gasteiger partial charge in [0.1, 0.15) is 5.60 Å². The van der Waals surface area contributed by atoms with Crippen molar-refractivity contribution in [1.82, 2.24) is 0 Å². The molecule has 2 heteroatoms. The van der Waals surface area contributed by atoms with E-state index in [-0.39, 0.29) is 11.5 Å². The van der Waals surface area contributed by atoms with Gasteiger partial charge < -0.3 is 10.2 Å². The number of rotatable bonds is 1. The molecule has 7 atom stereocenters. The van der Waals surface area contributed by atoms with Crippen LogP contribution in [-0.2, 0) is 0 Å². The van der Waals surface area contributed by atoms with E-state index in [1.165, 1.54) is 11.1 Å². The first kappa shape index (κ1) is 16.4. The Labute approximate surface area is 146 Å². The van der Waals surface area contributed by atoms with Crippen LogP contribution in [0.5, 0.6) is 0 Å². The van der Waals surface area contributed by atoms with Crippen molar-refractivity contribution in [2.45, 2.75) is 70.0 Å². The molecule has 4 rings (SSSR count). The van der Waals surface area contributed by atoms with E-state index in [1.807, 2.05) is 0 Å². The highest BCUT2D eigenvalue weighted by Crippen LogP contribution is 2.67. The molecule has 4 aliphatic rings. The van der Waals surface area contributed by atoms with Gasteiger partial charge in [-0.25, -0.2) is 0 Å². The first-order valence-electron chi connectivity index (χ1n) is 9.72. The van der Waals surface area contributed by atoms with Crippen LogP contribution in [0.1, 0.15) is 58.3 Å². The summed E-state index contributed by atoms with van der Waals surface area (Å²) in [5, 5.41) is 21.2. The van der Waals surface area contributed by atoms with Crippen LogP contribution in [-0.4, -0.2) is 21.9 Å². The summed E-state index contributed by atoms with van der Waals surface area (Å²) < 4.78 is 0. The van der Waals surface area contributed by atoms with Gasteiger partial charge in [-0.1, -0.05) is 36.6 Å². The lowest BCUT2D eigenvalue weighted by Gasteiger charge is -2.57. The predicted octanol–water partition coefficient (Wildman–Crippen LogP) is 3.84. The van der Waals surface area contributed by atoms with E-state index in [0.717, 1.165) is 51.4 Å². The lowest BCUT2D eigenvalue weighted by molar-refractivity contribution is -0.0794. The fraction of sp³-hybridized carbons (Fsp3) is 0.727. The van der Waals surface area contributed by atoms with Crippen LogP contribution in [0, 0.1) is 41.4 Å². The van der Waals surface area contributed by atoms with Gasteiger partial charge in [-0.15, -0.1) is 6.42 Å². The Hall–Kier alpha value is -1.04. The average Bonchev–Trinajstić information content (AvgIpc) is 2.88. The van der Waals surface area contributed by atoms with E-state index in [0.29, 0.717) is 23.7 Å². The van der Waals surface area contributed by atoms with E-state index in [1.54, 1.807) is 0 Å². The summed E-state index contributed by atoms with van der Waals surface area (Å²) in [4.78, 5) is 0. The zero-order valence-electron chi connectivity index (χ0n) is 14.8. The first-order valence-corrected chi connectivity index (χ1v) is 9.72. The van der Waals surface area contributed by atoms with Crippen molar-refractivity contribution < 1.29 is 10.2 Å². The molecule has 0 aromatic heterocycles. The van der Waals surface area contributed by atoms with Crippen LogP contribution in [0.4, 0.5) is 0 Å². The Morgan fingerprint density at radius 2 is 2.12 bits per heavy atom. The molecule has 0 unspecified atom stereocenters. The molecule has 3 saturated carbocycles. The van der Waals surface area contributed by atoms with Gasteiger partial charge in [0, 0.05) is 5.41 Å². The first-order chi connectivity index (χ1) is 11.5. The molecule has 4 aliphatic carbocycles. The molecule has 0 aromatic rings. The molecule has 2 N–H and O–H groups in total. The highest BCUT2D eigenvalue weighted by molar-refractivity contribution is 5.32. The van der Waals surface area contributed by atoms with E-state index >= 15 is 0 Å². The Kier molecular flexibility index (Phi) is 3.75. The summed E-state index contributed by atoms with van der Waals surface area (Å²) in [6.07, 6.45) is 15.5. The monoisotopic (exact) mass is 326 g/mol. The van der Waals surface area contributed by atoms with Gasteiger partial charge in [-0.3, -0.25) is 0 Å². The normalized spacial score (nSPS) is 50.3. The molecule has 3 fully saturated rings. The molecule has 0 bridgehead atoms. The van der Waals surface area contributed by atoms with Crippen molar-refractivity contribution in [2.24, 2.45) is 29.1 Å². The van der Waals surface area contributed by atoms with Crippen LogP contribution in [0.25, 0.3) is 0 Å². The van der Waals surface area contributed by atoms with Gasteiger partial charge in [0.05, 0.1) is 6.10 Å². The van der Waals surface area contributed by atoms with Crippen LogP contribution < -0.4 is 0 Å². The van der Waals surface area contributed by atoms with E-state index in [2.05, 4.69) is 25.5 Å². The fourth-order valence-electron chi connectivity index (χ4n) is 7.03. The van der Waals surface area contributed by atoms with Crippen molar-refractivity contribution in [3.63, 3.8) is 0 Å². The van der Waals surface area contributed by atoms with Crippen molar-refractivity contribution in [2.75, 3.05) is 0 Å². The second-order valence-electron chi connectivity index (χ2n) is 8.72. The molecule has 130 valence electrons. The molecule has 0 amide bonds. The molecule has 0 radical (unpaired) electrons. The van der Waals surface area contributed by atoms with E-state index in [9.17, 15) is 10.2 Å². The number of hydrogen-bond acceptors (Lipinski definition) is 2. The van der Waals surface area contributed by atoms with Gasteiger partial charge >= 0.3 is 0 Å². The molecule has 0 heterocycles. The molecular formula is C22H30O2. The van der Waals surface area contributed by atoms with Crippen molar-refractivity contribution in [1.29, 1.82) is 0 Å². The second-order valence-corrected chi connectivity index (χ2v) is 8.72. The summed E-state index contributed by atoms with van der Waals surface area (Å²) in [7, 11) is 0. The minimum atomic E-state index is -0.959. The lowest BCUT2D eigenvalue weighted by atomic mass is 9.48. The highest BCUT2D eigenvalue weighted by Gasteiger charge is 2.64. The van der Waals surface area contributed by atoms with Crippen molar-refractivity contribution in [3.05, 3.63) is 23.8 Å².